The van der Waals surface area contributed by atoms with Gasteiger partial charge in [0.2, 0.25) is 0 Å². The average molecular weight is 186 g/mol. The van der Waals surface area contributed by atoms with E-state index in [1.807, 2.05) is 13.8 Å². The summed E-state index contributed by atoms with van der Waals surface area (Å²) in [6, 6.07) is 0.804. The molecule has 1 rings (SSSR count). The van der Waals surface area contributed by atoms with E-state index in [9.17, 15) is 0 Å². The molecule has 2 heteroatoms. The van der Waals surface area contributed by atoms with Crippen molar-refractivity contribution in [1.29, 1.82) is 0 Å². The van der Waals surface area contributed by atoms with Crippen LogP contribution in [0, 0.1) is 0 Å². The number of piperidine rings is 1. The molecular formula is C11H26N2. The van der Waals surface area contributed by atoms with Crippen LogP contribution in [0.5, 0.6) is 0 Å². The topological polar surface area (TPSA) is 6.48 Å². The molecule has 0 aromatic rings. The SMILES string of the molecule is CC.CN(C)CC1CCCCN1C. The predicted octanol–water partition coefficient (Wildman–Crippen LogP) is 2.06. The largest absolute Gasteiger partial charge is 0.308 e. The number of likely N-dealkylation sites (N-methyl/N-ethyl adjacent to an activating group) is 2. The van der Waals surface area contributed by atoms with Crippen LogP contribution >= 0.6 is 0 Å². The third-order valence-electron chi connectivity index (χ3n) is 2.50. The van der Waals surface area contributed by atoms with Gasteiger partial charge in [-0.2, -0.15) is 0 Å². The Kier molecular flexibility index (Phi) is 7.29. The molecule has 1 unspecified atom stereocenters. The van der Waals surface area contributed by atoms with Gasteiger partial charge >= 0.3 is 0 Å². The Morgan fingerprint density at radius 3 is 2.31 bits per heavy atom. The molecule has 80 valence electrons. The highest BCUT2D eigenvalue weighted by Crippen LogP contribution is 2.14. The highest BCUT2D eigenvalue weighted by atomic mass is 15.2. The van der Waals surface area contributed by atoms with Crippen LogP contribution in [-0.2, 0) is 0 Å². The van der Waals surface area contributed by atoms with Crippen LogP contribution in [-0.4, -0.2) is 50.1 Å². The molecule has 0 N–H and O–H groups in total. The van der Waals surface area contributed by atoms with E-state index in [0.717, 1.165) is 6.04 Å². The maximum atomic E-state index is 2.49. The zero-order chi connectivity index (χ0) is 10.3. The van der Waals surface area contributed by atoms with Crippen molar-refractivity contribution in [2.24, 2.45) is 0 Å². The molecule has 0 aliphatic carbocycles. The summed E-state index contributed by atoms with van der Waals surface area (Å²) in [5.41, 5.74) is 0. The van der Waals surface area contributed by atoms with Crippen LogP contribution < -0.4 is 0 Å². The van der Waals surface area contributed by atoms with Crippen molar-refractivity contribution in [3.63, 3.8) is 0 Å². The summed E-state index contributed by atoms with van der Waals surface area (Å²) in [5.74, 6) is 0. The molecule has 1 fully saturated rings. The lowest BCUT2D eigenvalue weighted by Gasteiger charge is -2.34. The van der Waals surface area contributed by atoms with Crippen LogP contribution in [0.2, 0.25) is 0 Å². The first-order chi connectivity index (χ1) is 6.20. The Morgan fingerprint density at radius 2 is 1.85 bits per heavy atom. The van der Waals surface area contributed by atoms with Gasteiger partial charge in [0.25, 0.3) is 0 Å². The Bertz CT molecular complexity index is 113. The molecule has 2 nitrogen and oxygen atoms in total. The molecule has 0 aromatic heterocycles. The predicted molar refractivity (Wildman–Crippen MR) is 60.2 cm³/mol. The summed E-state index contributed by atoms with van der Waals surface area (Å²) >= 11 is 0. The first-order valence-electron chi connectivity index (χ1n) is 5.55. The zero-order valence-electron chi connectivity index (χ0n) is 10.0. The Labute approximate surface area is 83.9 Å². The van der Waals surface area contributed by atoms with Crippen molar-refractivity contribution in [3.8, 4) is 0 Å². The van der Waals surface area contributed by atoms with Crippen molar-refractivity contribution in [2.45, 2.75) is 39.2 Å². The molecule has 1 aliphatic rings. The molecule has 13 heavy (non-hydrogen) atoms. The lowest BCUT2D eigenvalue weighted by Crippen LogP contribution is -2.42. The highest BCUT2D eigenvalue weighted by molar-refractivity contribution is 4.75. The number of nitrogens with zero attached hydrogens (tertiary/aromatic N) is 2. The third-order valence-corrected chi connectivity index (χ3v) is 2.50. The summed E-state index contributed by atoms with van der Waals surface area (Å²) in [6.45, 7) is 6.51. The van der Waals surface area contributed by atoms with Crippen molar-refractivity contribution >= 4 is 0 Å². The third kappa shape index (κ3) is 5.27. The summed E-state index contributed by atoms with van der Waals surface area (Å²) in [4.78, 5) is 4.77. The second kappa shape index (κ2) is 7.34. The average Bonchev–Trinajstić information content (AvgIpc) is 2.12. The second-order valence-electron chi connectivity index (χ2n) is 3.89. The van der Waals surface area contributed by atoms with Gasteiger partial charge in [-0.1, -0.05) is 20.3 Å². The maximum absolute atomic E-state index is 2.49. The van der Waals surface area contributed by atoms with E-state index in [1.165, 1.54) is 32.4 Å². The van der Waals surface area contributed by atoms with Gasteiger partial charge in [-0.3, -0.25) is 0 Å². The molecular weight excluding hydrogens is 160 g/mol. The van der Waals surface area contributed by atoms with Crippen LogP contribution in [0.15, 0.2) is 0 Å². The fourth-order valence-corrected chi connectivity index (χ4v) is 1.80. The Balaban J connectivity index is 0.000000671. The van der Waals surface area contributed by atoms with E-state index in [1.54, 1.807) is 0 Å². The van der Waals surface area contributed by atoms with Gasteiger partial charge in [0.05, 0.1) is 0 Å². The molecule has 1 heterocycles. The van der Waals surface area contributed by atoms with E-state index in [4.69, 9.17) is 0 Å². The second-order valence-corrected chi connectivity index (χ2v) is 3.89. The van der Waals surface area contributed by atoms with Gasteiger partial charge < -0.3 is 9.80 Å². The van der Waals surface area contributed by atoms with Gasteiger partial charge in [-0.05, 0) is 40.5 Å². The van der Waals surface area contributed by atoms with E-state index in [-0.39, 0.29) is 0 Å². The first kappa shape index (κ1) is 12.9. The maximum Gasteiger partial charge on any atom is 0.0219 e. The molecule has 0 radical (unpaired) electrons. The summed E-state index contributed by atoms with van der Waals surface area (Å²) in [6.07, 6.45) is 4.19. The minimum Gasteiger partial charge on any atom is -0.308 e. The van der Waals surface area contributed by atoms with Crippen molar-refractivity contribution < 1.29 is 0 Å². The number of rotatable bonds is 2. The van der Waals surface area contributed by atoms with Crippen molar-refractivity contribution in [2.75, 3.05) is 34.2 Å². The van der Waals surface area contributed by atoms with E-state index < -0.39 is 0 Å². The Hall–Kier alpha value is -0.0800. The molecule has 0 amide bonds. The van der Waals surface area contributed by atoms with Crippen LogP contribution in [0.1, 0.15) is 33.1 Å². The van der Waals surface area contributed by atoms with Gasteiger partial charge in [-0.15, -0.1) is 0 Å². The van der Waals surface area contributed by atoms with Gasteiger partial charge in [0.1, 0.15) is 0 Å². The van der Waals surface area contributed by atoms with Gasteiger partial charge in [-0.25, -0.2) is 0 Å². The van der Waals surface area contributed by atoms with Gasteiger partial charge in [0, 0.05) is 12.6 Å². The standard InChI is InChI=1S/C9H20N2.C2H6/c1-10(2)8-9-6-4-5-7-11(9)3;1-2/h9H,4-8H2,1-3H3;1-2H3. The van der Waals surface area contributed by atoms with Crippen LogP contribution in [0.4, 0.5) is 0 Å². The molecule has 1 aliphatic heterocycles. The van der Waals surface area contributed by atoms with Crippen LogP contribution in [0.3, 0.4) is 0 Å². The fraction of sp³-hybridized carbons (Fsp3) is 1.00. The zero-order valence-corrected chi connectivity index (χ0v) is 10.0. The first-order valence-corrected chi connectivity index (χ1v) is 5.55. The lowest BCUT2D eigenvalue weighted by atomic mass is 10.0. The number of likely N-dealkylation sites (tertiary alicyclic amines) is 1. The van der Waals surface area contributed by atoms with E-state index in [0.29, 0.717) is 0 Å². The molecule has 0 spiro atoms. The molecule has 0 aromatic carbocycles. The fourth-order valence-electron chi connectivity index (χ4n) is 1.80. The minimum atomic E-state index is 0.804. The van der Waals surface area contributed by atoms with Crippen molar-refractivity contribution in [1.82, 2.24) is 9.80 Å². The number of hydrogen-bond donors (Lipinski definition) is 0. The Morgan fingerprint density at radius 1 is 1.23 bits per heavy atom. The lowest BCUT2D eigenvalue weighted by molar-refractivity contribution is 0.151. The monoisotopic (exact) mass is 186 g/mol. The highest BCUT2D eigenvalue weighted by Gasteiger charge is 2.18. The smallest absolute Gasteiger partial charge is 0.0219 e. The van der Waals surface area contributed by atoms with Crippen molar-refractivity contribution in [3.05, 3.63) is 0 Å². The molecule has 0 saturated carbocycles. The summed E-state index contributed by atoms with van der Waals surface area (Å²) in [5, 5.41) is 0. The molecule has 1 saturated heterocycles. The number of hydrogen-bond acceptors (Lipinski definition) is 2. The quantitative estimate of drug-likeness (QED) is 0.651. The minimum absolute atomic E-state index is 0.804. The van der Waals surface area contributed by atoms with Crippen LogP contribution in [0.25, 0.3) is 0 Å². The molecule has 0 bridgehead atoms. The molecule has 1 atom stereocenters. The van der Waals surface area contributed by atoms with E-state index >= 15 is 0 Å². The van der Waals surface area contributed by atoms with Gasteiger partial charge in [0.15, 0.2) is 0 Å². The summed E-state index contributed by atoms with van der Waals surface area (Å²) < 4.78 is 0. The summed E-state index contributed by atoms with van der Waals surface area (Å²) in [7, 11) is 6.55. The van der Waals surface area contributed by atoms with E-state index in [2.05, 4.69) is 30.9 Å². The normalized spacial score (nSPS) is 24.0.